The van der Waals surface area contributed by atoms with Crippen LogP contribution < -0.4 is 10.1 Å². The minimum Gasteiger partial charge on any atom is -0.494 e. The van der Waals surface area contributed by atoms with Crippen molar-refractivity contribution in [2.24, 2.45) is 0 Å². The molecule has 4 heteroatoms. The molecular formula is C16H21N3O. The molecule has 1 N–H and O–H groups in total. The van der Waals surface area contributed by atoms with Gasteiger partial charge in [0, 0.05) is 18.3 Å². The Morgan fingerprint density at radius 3 is 2.55 bits per heavy atom. The van der Waals surface area contributed by atoms with E-state index in [9.17, 15) is 0 Å². The zero-order chi connectivity index (χ0) is 14.4. The lowest BCUT2D eigenvalue weighted by molar-refractivity contribution is 0.340. The van der Waals surface area contributed by atoms with E-state index in [-0.39, 0.29) is 0 Å². The van der Waals surface area contributed by atoms with Crippen molar-refractivity contribution in [3.8, 4) is 17.0 Å². The number of nitrogens with one attached hydrogen (secondary N) is 1. The van der Waals surface area contributed by atoms with Crippen molar-refractivity contribution < 1.29 is 4.74 Å². The SMILES string of the molecule is CCCNc1ncc(C)c(-c2ccc(OCC)cc2)n1. The number of aryl methyl sites for hydroxylation is 1. The standard InChI is InChI=1S/C16H21N3O/c1-4-10-17-16-18-11-12(3)15(19-16)13-6-8-14(9-7-13)20-5-2/h6-9,11H,4-5,10H2,1-3H3,(H,17,18,19). The molecule has 0 saturated heterocycles. The first kappa shape index (κ1) is 14.3. The van der Waals surface area contributed by atoms with Crippen LogP contribution in [0.25, 0.3) is 11.3 Å². The van der Waals surface area contributed by atoms with E-state index in [0.29, 0.717) is 12.6 Å². The summed E-state index contributed by atoms with van der Waals surface area (Å²) < 4.78 is 5.46. The number of ether oxygens (including phenoxy) is 1. The Balaban J connectivity index is 2.26. The fourth-order valence-corrected chi connectivity index (χ4v) is 1.93. The van der Waals surface area contributed by atoms with Crippen molar-refractivity contribution in [1.82, 2.24) is 9.97 Å². The third kappa shape index (κ3) is 3.47. The van der Waals surface area contributed by atoms with E-state index in [1.165, 1.54) is 0 Å². The van der Waals surface area contributed by atoms with E-state index in [4.69, 9.17) is 4.74 Å². The summed E-state index contributed by atoms with van der Waals surface area (Å²) in [6, 6.07) is 8.01. The highest BCUT2D eigenvalue weighted by atomic mass is 16.5. The number of aromatic nitrogens is 2. The normalized spacial score (nSPS) is 10.3. The van der Waals surface area contributed by atoms with Crippen LogP contribution in [0.1, 0.15) is 25.8 Å². The van der Waals surface area contributed by atoms with Crippen LogP contribution in [0, 0.1) is 6.92 Å². The third-order valence-electron chi connectivity index (χ3n) is 2.94. The van der Waals surface area contributed by atoms with E-state index in [1.54, 1.807) is 0 Å². The Bertz CT molecular complexity index is 552. The molecule has 0 fully saturated rings. The molecule has 0 aliphatic rings. The van der Waals surface area contributed by atoms with Crippen molar-refractivity contribution in [2.45, 2.75) is 27.2 Å². The maximum atomic E-state index is 5.46. The number of rotatable bonds is 6. The minimum absolute atomic E-state index is 0.678. The van der Waals surface area contributed by atoms with Crippen LogP contribution in [0.2, 0.25) is 0 Å². The molecule has 0 saturated carbocycles. The van der Waals surface area contributed by atoms with Gasteiger partial charge in [0.15, 0.2) is 0 Å². The van der Waals surface area contributed by atoms with Gasteiger partial charge in [0.05, 0.1) is 12.3 Å². The number of hydrogen-bond donors (Lipinski definition) is 1. The molecule has 0 amide bonds. The predicted molar refractivity (Wildman–Crippen MR) is 82.2 cm³/mol. The molecule has 0 aliphatic carbocycles. The van der Waals surface area contributed by atoms with E-state index in [1.807, 2.05) is 44.3 Å². The summed E-state index contributed by atoms with van der Waals surface area (Å²) in [5.41, 5.74) is 3.10. The van der Waals surface area contributed by atoms with Crippen molar-refractivity contribution in [1.29, 1.82) is 0 Å². The summed E-state index contributed by atoms with van der Waals surface area (Å²) in [5.74, 6) is 1.56. The topological polar surface area (TPSA) is 47.0 Å². The molecule has 0 spiro atoms. The summed E-state index contributed by atoms with van der Waals surface area (Å²) in [5, 5.41) is 3.22. The van der Waals surface area contributed by atoms with Gasteiger partial charge in [-0.25, -0.2) is 9.97 Å². The Morgan fingerprint density at radius 2 is 1.90 bits per heavy atom. The van der Waals surface area contributed by atoms with Gasteiger partial charge in [-0.05, 0) is 50.1 Å². The number of anilines is 1. The van der Waals surface area contributed by atoms with E-state index in [0.717, 1.165) is 35.5 Å². The smallest absolute Gasteiger partial charge is 0.223 e. The van der Waals surface area contributed by atoms with Gasteiger partial charge in [0.25, 0.3) is 0 Å². The zero-order valence-electron chi connectivity index (χ0n) is 12.3. The second-order valence-electron chi connectivity index (χ2n) is 4.61. The third-order valence-corrected chi connectivity index (χ3v) is 2.94. The first-order valence-corrected chi connectivity index (χ1v) is 7.05. The highest BCUT2D eigenvalue weighted by Gasteiger charge is 2.06. The van der Waals surface area contributed by atoms with Gasteiger partial charge in [-0.2, -0.15) is 0 Å². The highest BCUT2D eigenvalue weighted by Crippen LogP contribution is 2.24. The Morgan fingerprint density at radius 1 is 1.15 bits per heavy atom. The van der Waals surface area contributed by atoms with Crippen molar-refractivity contribution in [3.05, 3.63) is 36.0 Å². The number of nitrogens with zero attached hydrogens (tertiary/aromatic N) is 2. The van der Waals surface area contributed by atoms with Crippen LogP contribution in [0.5, 0.6) is 5.75 Å². The van der Waals surface area contributed by atoms with E-state index in [2.05, 4.69) is 22.2 Å². The molecular weight excluding hydrogens is 250 g/mol. The summed E-state index contributed by atoms with van der Waals surface area (Å²) >= 11 is 0. The fraction of sp³-hybridized carbons (Fsp3) is 0.375. The summed E-state index contributed by atoms with van der Waals surface area (Å²) in [6.07, 6.45) is 2.91. The molecule has 20 heavy (non-hydrogen) atoms. The minimum atomic E-state index is 0.678. The predicted octanol–water partition coefficient (Wildman–Crippen LogP) is 3.67. The first-order chi connectivity index (χ1) is 9.74. The Kier molecular flexibility index (Phi) is 4.93. The summed E-state index contributed by atoms with van der Waals surface area (Å²) in [4.78, 5) is 8.89. The number of benzene rings is 1. The maximum absolute atomic E-state index is 5.46. The largest absolute Gasteiger partial charge is 0.494 e. The molecule has 1 heterocycles. The highest BCUT2D eigenvalue weighted by molar-refractivity contribution is 5.64. The van der Waals surface area contributed by atoms with Crippen LogP contribution in [-0.2, 0) is 0 Å². The van der Waals surface area contributed by atoms with Crippen LogP contribution in [0.3, 0.4) is 0 Å². The van der Waals surface area contributed by atoms with Crippen LogP contribution in [0.15, 0.2) is 30.5 Å². The average Bonchev–Trinajstić information content (AvgIpc) is 2.48. The van der Waals surface area contributed by atoms with Crippen molar-refractivity contribution >= 4 is 5.95 Å². The van der Waals surface area contributed by atoms with Gasteiger partial charge in [-0.3, -0.25) is 0 Å². The molecule has 2 aromatic rings. The molecule has 0 aliphatic heterocycles. The molecule has 0 radical (unpaired) electrons. The van der Waals surface area contributed by atoms with E-state index >= 15 is 0 Å². The fourth-order valence-electron chi connectivity index (χ4n) is 1.93. The van der Waals surface area contributed by atoms with Crippen molar-refractivity contribution in [2.75, 3.05) is 18.5 Å². The Hall–Kier alpha value is -2.10. The molecule has 0 unspecified atom stereocenters. The molecule has 4 nitrogen and oxygen atoms in total. The monoisotopic (exact) mass is 271 g/mol. The van der Waals surface area contributed by atoms with Crippen LogP contribution in [-0.4, -0.2) is 23.1 Å². The van der Waals surface area contributed by atoms with Crippen molar-refractivity contribution in [3.63, 3.8) is 0 Å². The first-order valence-electron chi connectivity index (χ1n) is 7.05. The molecule has 0 bridgehead atoms. The van der Waals surface area contributed by atoms with Gasteiger partial charge >= 0.3 is 0 Å². The van der Waals surface area contributed by atoms with Crippen LogP contribution >= 0.6 is 0 Å². The lowest BCUT2D eigenvalue weighted by atomic mass is 10.1. The quantitative estimate of drug-likeness (QED) is 0.870. The molecule has 1 aromatic heterocycles. The molecule has 1 aromatic carbocycles. The van der Waals surface area contributed by atoms with Gasteiger partial charge in [0.2, 0.25) is 5.95 Å². The number of hydrogen-bond acceptors (Lipinski definition) is 4. The second kappa shape index (κ2) is 6.89. The summed E-state index contributed by atoms with van der Waals surface area (Å²) in [6.45, 7) is 7.68. The van der Waals surface area contributed by atoms with Gasteiger partial charge in [0.1, 0.15) is 5.75 Å². The van der Waals surface area contributed by atoms with Gasteiger partial charge in [-0.1, -0.05) is 6.92 Å². The van der Waals surface area contributed by atoms with E-state index < -0.39 is 0 Å². The maximum Gasteiger partial charge on any atom is 0.223 e. The lowest BCUT2D eigenvalue weighted by Crippen LogP contribution is -2.05. The van der Waals surface area contributed by atoms with Gasteiger partial charge in [-0.15, -0.1) is 0 Å². The second-order valence-corrected chi connectivity index (χ2v) is 4.61. The molecule has 0 atom stereocenters. The molecule has 106 valence electrons. The van der Waals surface area contributed by atoms with Gasteiger partial charge < -0.3 is 10.1 Å². The van der Waals surface area contributed by atoms with Crippen LogP contribution in [0.4, 0.5) is 5.95 Å². The zero-order valence-corrected chi connectivity index (χ0v) is 12.3. The lowest BCUT2D eigenvalue weighted by Gasteiger charge is -2.09. The molecule has 2 rings (SSSR count). The Labute approximate surface area is 120 Å². The summed E-state index contributed by atoms with van der Waals surface area (Å²) in [7, 11) is 0. The average molecular weight is 271 g/mol.